The summed E-state index contributed by atoms with van der Waals surface area (Å²) in [6.45, 7) is 32.0. The average molecular weight is 1080 g/mol. The summed E-state index contributed by atoms with van der Waals surface area (Å²) in [6.07, 6.45) is 1.11. The second kappa shape index (κ2) is 31.0. The maximum absolute atomic E-state index is 15.5. The van der Waals surface area contributed by atoms with Crippen molar-refractivity contribution < 1.29 is 65.2 Å². The molecule has 72 heavy (non-hydrogen) atoms. The van der Waals surface area contributed by atoms with E-state index in [1.54, 1.807) is 14.2 Å². The number of para-hydroxylation sites is 2. The van der Waals surface area contributed by atoms with Crippen LogP contribution in [0.3, 0.4) is 0 Å². The van der Waals surface area contributed by atoms with Crippen LogP contribution in [0.4, 0.5) is 4.79 Å². The van der Waals surface area contributed by atoms with Crippen molar-refractivity contribution in [3.05, 3.63) is 59.7 Å². The van der Waals surface area contributed by atoms with Crippen LogP contribution in [0.25, 0.3) is 0 Å². The molecule has 0 aromatic heterocycles. The van der Waals surface area contributed by atoms with Crippen molar-refractivity contribution in [2.75, 3.05) is 86.5 Å². The molecule has 416 valence electrons. The van der Waals surface area contributed by atoms with Gasteiger partial charge in [-0.15, -0.1) is 0 Å². The monoisotopic (exact) mass is 1080 g/mol. The number of methoxy groups -OCH3 is 2. The number of carbonyl (C=O) groups excluding carboxylic acids is 1. The highest BCUT2D eigenvalue weighted by atomic mass is 31.2. The number of alkyl carbamates (subject to hydrolysis) is 1. The lowest BCUT2D eigenvalue weighted by molar-refractivity contribution is -0.00962. The summed E-state index contributed by atoms with van der Waals surface area (Å²) >= 11 is 0. The smallest absolute Gasteiger partial charge is 0.407 e. The zero-order chi connectivity index (χ0) is 54.3. The molecule has 17 nitrogen and oxygen atoms in total. The Kier molecular flexibility index (Phi) is 28.3. The van der Waals surface area contributed by atoms with Crippen LogP contribution < -0.4 is 14.8 Å². The zero-order valence-electron chi connectivity index (χ0n) is 47.2. The van der Waals surface area contributed by atoms with Gasteiger partial charge in [-0.05, 0) is 114 Å². The molecular weight excluding hydrogens is 981 g/mol. The second-order valence-electron chi connectivity index (χ2n) is 23.1. The van der Waals surface area contributed by atoms with Gasteiger partial charge in [0.05, 0.1) is 55.4 Å². The lowest BCUT2D eigenvalue weighted by Gasteiger charge is -2.41. The Morgan fingerprint density at radius 3 is 1.50 bits per heavy atom. The van der Waals surface area contributed by atoms with E-state index in [4.69, 9.17) is 51.3 Å². The molecule has 0 saturated carbocycles. The van der Waals surface area contributed by atoms with E-state index in [9.17, 15) is 4.79 Å². The third kappa shape index (κ3) is 30.8. The van der Waals surface area contributed by atoms with Crippen molar-refractivity contribution in [3.63, 3.8) is 0 Å². The number of rotatable bonds is 35. The minimum absolute atomic E-state index is 0.00875. The Labute approximate surface area is 435 Å². The zero-order valence-corrected chi connectivity index (χ0v) is 50.0. The van der Waals surface area contributed by atoms with Gasteiger partial charge in [0.1, 0.15) is 24.1 Å². The summed E-state index contributed by atoms with van der Waals surface area (Å²) in [4.78, 5) is 17.0. The molecule has 0 fully saturated rings. The fourth-order valence-electron chi connectivity index (χ4n) is 7.26. The maximum atomic E-state index is 15.5. The predicted octanol–water partition coefficient (Wildman–Crippen LogP) is 12.2. The third-order valence-corrected chi connectivity index (χ3v) is 16.3. The highest BCUT2D eigenvalue weighted by Gasteiger charge is 2.41. The molecule has 0 spiro atoms. The normalized spacial score (nSPS) is 13.7. The highest BCUT2D eigenvalue weighted by molar-refractivity contribution is 7.54. The molecule has 0 bridgehead atoms. The maximum Gasteiger partial charge on any atom is 0.407 e. The highest BCUT2D eigenvalue weighted by Crippen LogP contribution is 2.57. The molecule has 0 saturated heterocycles. The summed E-state index contributed by atoms with van der Waals surface area (Å²) in [6, 6.07) is 15.8. The first-order valence-corrected chi connectivity index (χ1v) is 32.4. The van der Waals surface area contributed by atoms with Crippen molar-refractivity contribution in [3.8, 4) is 11.5 Å². The van der Waals surface area contributed by atoms with Gasteiger partial charge in [0, 0.05) is 65.6 Å². The molecule has 0 aliphatic heterocycles. The number of amides is 1. The van der Waals surface area contributed by atoms with E-state index in [-0.39, 0.29) is 45.8 Å². The molecule has 1 atom stereocenters. The Hall–Kier alpha value is -2.41. The molecule has 0 aliphatic rings. The number of unbranched alkanes of at least 4 members (excludes halogenated alkanes) is 1. The van der Waals surface area contributed by atoms with Crippen molar-refractivity contribution in [1.29, 1.82) is 0 Å². The first-order chi connectivity index (χ1) is 33.3. The molecule has 20 heteroatoms. The average Bonchev–Trinajstić information content (AvgIpc) is 3.20. The van der Waals surface area contributed by atoms with Gasteiger partial charge < -0.3 is 56.6 Å². The van der Waals surface area contributed by atoms with Gasteiger partial charge in [0.15, 0.2) is 13.6 Å². The van der Waals surface area contributed by atoms with E-state index in [1.807, 2.05) is 132 Å². The van der Waals surface area contributed by atoms with Crippen LogP contribution in [0.2, 0.25) is 25.7 Å². The molecule has 2 aromatic carbocycles. The van der Waals surface area contributed by atoms with Gasteiger partial charge in [-0.2, -0.15) is 0 Å². The minimum atomic E-state index is -3.96. The standard InChI is InChI=1S/C52H95N3O14P2Si/c1-49(2,3)66-70(57,67-50(4,5)6)39-54(36-43-24-18-20-27-46(43)64-41-61-32-30-59-13)38-45(26-22-23-29-53-48(56)63-34-35-72(15,16)17)55(40-71(58,68-51(7,8)9)69-52(10,11)12)37-44-25-19-21-28-47(44)65-42-62-33-31-60-14/h18-21,24-25,27-28,45H,22-23,26,29-42H2,1-17H3,(H,53,56). The van der Waals surface area contributed by atoms with Crippen LogP contribution in [0, 0.1) is 0 Å². The van der Waals surface area contributed by atoms with E-state index >= 15 is 9.13 Å². The van der Waals surface area contributed by atoms with Crippen molar-refractivity contribution in [1.82, 2.24) is 15.1 Å². The van der Waals surface area contributed by atoms with Crippen LogP contribution in [-0.4, -0.2) is 139 Å². The van der Waals surface area contributed by atoms with Crippen molar-refractivity contribution in [2.24, 2.45) is 0 Å². The largest absolute Gasteiger partial charge is 0.467 e. The second-order valence-corrected chi connectivity index (χ2v) is 32.5. The molecule has 0 heterocycles. The first kappa shape index (κ1) is 65.7. The molecule has 1 amide bonds. The van der Waals surface area contributed by atoms with E-state index in [0.717, 1.165) is 17.2 Å². The minimum Gasteiger partial charge on any atom is -0.467 e. The van der Waals surface area contributed by atoms with Crippen LogP contribution in [0.5, 0.6) is 11.5 Å². The van der Waals surface area contributed by atoms with Gasteiger partial charge >= 0.3 is 21.3 Å². The molecule has 1 unspecified atom stereocenters. The molecular formula is C52H95N3O14P2Si. The third-order valence-electron chi connectivity index (χ3n) is 9.86. The number of ether oxygens (including phenoxy) is 7. The first-order valence-electron chi connectivity index (χ1n) is 25.3. The number of carbonyl (C=O) groups is 1. The van der Waals surface area contributed by atoms with E-state index in [2.05, 4.69) is 34.8 Å². The van der Waals surface area contributed by atoms with Gasteiger partial charge in [0.2, 0.25) is 0 Å². The summed E-state index contributed by atoms with van der Waals surface area (Å²) < 4.78 is 96.4. The number of hydrogen-bond donors (Lipinski definition) is 1. The van der Waals surface area contributed by atoms with Gasteiger partial charge in [-0.25, -0.2) is 4.79 Å². The quantitative estimate of drug-likeness (QED) is 0.0299. The van der Waals surface area contributed by atoms with Crippen molar-refractivity contribution >= 4 is 29.4 Å². The molecule has 1 N–H and O–H groups in total. The molecule has 2 rings (SSSR count). The Morgan fingerprint density at radius 1 is 0.611 bits per heavy atom. The van der Waals surface area contributed by atoms with Gasteiger partial charge in [0.25, 0.3) is 0 Å². The topological polar surface area (TPSA) is 171 Å². The summed E-state index contributed by atoms with van der Waals surface area (Å²) in [5.41, 5.74) is -1.75. The number of hydrogen-bond acceptors (Lipinski definition) is 16. The summed E-state index contributed by atoms with van der Waals surface area (Å²) in [7, 11) is -6.06. The number of nitrogens with one attached hydrogen (secondary N) is 1. The summed E-state index contributed by atoms with van der Waals surface area (Å²) in [5, 5.41) is 2.93. The fraction of sp³-hybridized carbons (Fsp3) is 0.750. The Bertz CT molecular complexity index is 1910. The van der Waals surface area contributed by atoms with Crippen LogP contribution >= 0.6 is 15.2 Å². The van der Waals surface area contributed by atoms with Crippen LogP contribution in [0.1, 0.15) is 113 Å². The lowest BCUT2D eigenvalue weighted by atomic mass is 10.1. The molecule has 2 aromatic rings. The van der Waals surface area contributed by atoms with E-state index < -0.39 is 57.8 Å². The van der Waals surface area contributed by atoms with Gasteiger partial charge in [-0.1, -0.05) is 62.5 Å². The number of nitrogens with zero attached hydrogens (tertiary/aromatic N) is 2. The Balaban J connectivity index is 2.88. The van der Waals surface area contributed by atoms with E-state index in [1.165, 1.54) is 0 Å². The van der Waals surface area contributed by atoms with E-state index in [0.29, 0.717) is 70.3 Å². The Morgan fingerprint density at radius 2 is 1.06 bits per heavy atom. The predicted molar refractivity (Wildman–Crippen MR) is 289 cm³/mol. The molecule has 0 aliphatic carbocycles. The SMILES string of the molecule is COCCOCOc1ccccc1CN(CC(CCCCNC(=O)OCC[Si](C)(C)C)N(Cc1ccccc1OCOCCOC)CP(=O)(OC(C)(C)C)OC(C)(C)C)CP(=O)(OC(C)(C)C)OC(C)(C)C. The van der Waals surface area contributed by atoms with Crippen molar-refractivity contribution in [2.45, 2.75) is 170 Å². The van der Waals surface area contributed by atoms with Crippen LogP contribution in [0.15, 0.2) is 48.5 Å². The lowest BCUT2D eigenvalue weighted by Crippen LogP contribution is -2.45. The number of benzene rings is 2. The summed E-state index contributed by atoms with van der Waals surface area (Å²) in [5.74, 6) is 1.16. The van der Waals surface area contributed by atoms with Crippen LogP contribution in [-0.2, 0) is 64.0 Å². The van der Waals surface area contributed by atoms with Gasteiger partial charge in [-0.3, -0.25) is 18.9 Å². The molecule has 0 radical (unpaired) electrons. The fourth-order valence-corrected chi connectivity index (χ4v) is 13.1.